The number of carbonyl (C=O) groups is 2. The van der Waals surface area contributed by atoms with E-state index in [1.165, 1.54) is 24.7 Å². The summed E-state index contributed by atoms with van der Waals surface area (Å²) in [4.78, 5) is 46.0. The van der Waals surface area contributed by atoms with Gasteiger partial charge >= 0.3 is 11.7 Å². The number of carbonyl (C=O) groups excluding carboxylic acids is 2. The quantitative estimate of drug-likeness (QED) is 0.590. The van der Waals surface area contributed by atoms with Crippen LogP contribution in [-0.2, 0) is 28.4 Å². The summed E-state index contributed by atoms with van der Waals surface area (Å²) in [6.45, 7) is 2.49. The number of anilines is 1. The average molecular weight is 326 g/mol. The van der Waals surface area contributed by atoms with E-state index in [0.29, 0.717) is 12.4 Å². The van der Waals surface area contributed by atoms with E-state index >= 15 is 0 Å². The fourth-order valence-corrected chi connectivity index (χ4v) is 1.83. The molecule has 0 aliphatic carbocycles. The van der Waals surface area contributed by atoms with E-state index in [1.807, 2.05) is 0 Å². The lowest BCUT2D eigenvalue weighted by Gasteiger charge is -2.11. The Morgan fingerprint density at radius 2 is 1.83 bits per heavy atom. The number of hydrogen-bond donors (Lipinski definition) is 2. The van der Waals surface area contributed by atoms with Crippen molar-refractivity contribution in [2.45, 2.75) is 19.8 Å². The van der Waals surface area contributed by atoms with Gasteiger partial charge in [0.05, 0.1) is 13.0 Å². The van der Waals surface area contributed by atoms with E-state index < -0.39 is 11.2 Å². The van der Waals surface area contributed by atoms with Crippen molar-refractivity contribution in [2.75, 3.05) is 25.0 Å². The Kier molecular flexibility index (Phi) is 7.04. The van der Waals surface area contributed by atoms with Gasteiger partial charge in [-0.05, 0) is 6.92 Å². The third-order valence-corrected chi connectivity index (χ3v) is 3.14. The molecule has 2 N–H and O–H groups in total. The molecule has 0 aromatic carbocycles. The smallest absolute Gasteiger partial charge is 0.332 e. The first-order valence-corrected chi connectivity index (χ1v) is 7.30. The normalized spacial score (nSPS) is 10.2. The van der Waals surface area contributed by atoms with Gasteiger partial charge < -0.3 is 15.4 Å². The van der Waals surface area contributed by atoms with Gasteiger partial charge in [-0.2, -0.15) is 0 Å². The Morgan fingerprint density at radius 1 is 1.13 bits per heavy atom. The maximum atomic E-state index is 11.7. The van der Waals surface area contributed by atoms with Crippen LogP contribution in [0.3, 0.4) is 0 Å². The van der Waals surface area contributed by atoms with Gasteiger partial charge in [0.25, 0.3) is 5.56 Å². The zero-order valence-corrected chi connectivity index (χ0v) is 13.5. The molecule has 1 amide bonds. The van der Waals surface area contributed by atoms with Crippen molar-refractivity contribution in [1.29, 1.82) is 0 Å². The molecule has 128 valence electrons. The predicted octanol–water partition coefficient (Wildman–Crippen LogP) is -1.04. The molecule has 0 bridgehead atoms. The van der Waals surface area contributed by atoms with Crippen molar-refractivity contribution in [1.82, 2.24) is 14.5 Å². The van der Waals surface area contributed by atoms with Crippen molar-refractivity contribution in [3.63, 3.8) is 0 Å². The van der Waals surface area contributed by atoms with Gasteiger partial charge in [0.2, 0.25) is 5.91 Å². The summed E-state index contributed by atoms with van der Waals surface area (Å²) < 4.78 is 7.03. The first-order valence-electron chi connectivity index (χ1n) is 7.30. The van der Waals surface area contributed by atoms with E-state index in [9.17, 15) is 19.2 Å². The summed E-state index contributed by atoms with van der Waals surface area (Å²) in [5.74, 6) is -0.255. The van der Waals surface area contributed by atoms with E-state index in [2.05, 4.69) is 10.6 Å². The zero-order valence-electron chi connectivity index (χ0n) is 13.5. The molecule has 0 fully saturated rings. The summed E-state index contributed by atoms with van der Waals surface area (Å²) >= 11 is 0. The molecule has 0 saturated heterocycles. The van der Waals surface area contributed by atoms with Crippen LogP contribution in [0.1, 0.15) is 19.8 Å². The Morgan fingerprint density at radius 3 is 2.48 bits per heavy atom. The fraction of sp³-hybridized carbons (Fsp3) is 0.571. The number of nitrogens with zero attached hydrogens (tertiary/aromatic N) is 2. The van der Waals surface area contributed by atoms with Gasteiger partial charge in [-0.25, -0.2) is 4.79 Å². The molecule has 0 atom stereocenters. The number of rotatable bonds is 8. The third kappa shape index (κ3) is 5.61. The van der Waals surface area contributed by atoms with Crippen LogP contribution >= 0.6 is 0 Å². The Labute approximate surface area is 133 Å². The van der Waals surface area contributed by atoms with Crippen LogP contribution in [0.5, 0.6) is 0 Å². The molecule has 9 nitrogen and oxygen atoms in total. The highest BCUT2D eigenvalue weighted by molar-refractivity contribution is 5.77. The molecule has 23 heavy (non-hydrogen) atoms. The van der Waals surface area contributed by atoms with E-state index in [1.54, 1.807) is 6.92 Å². The van der Waals surface area contributed by atoms with Crippen LogP contribution in [0.2, 0.25) is 0 Å². The molecule has 0 saturated carbocycles. The lowest BCUT2D eigenvalue weighted by atomic mass is 10.3. The van der Waals surface area contributed by atoms with Gasteiger partial charge in [-0.1, -0.05) is 0 Å². The predicted molar refractivity (Wildman–Crippen MR) is 84.3 cm³/mol. The summed E-state index contributed by atoms with van der Waals surface area (Å²) in [6, 6.07) is 1.29. The molecular weight excluding hydrogens is 304 g/mol. The highest BCUT2D eigenvalue weighted by Crippen LogP contribution is 1.98. The van der Waals surface area contributed by atoms with Crippen LogP contribution in [-0.4, -0.2) is 40.7 Å². The van der Waals surface area contributed by atoms with E-state index in [-0.39, 0.29) is 37.8 Å². The summed E-state index contributed by atoms with van der Waals surface area (Å²) in [6.07, 6.45) is 0.266. The van der Waals surface area contributed by atoms with E-state index in [0.717, 1.165) is 4.57 Å². The number of amides is 1. The van der Waals surface area contributed by atoms with Gasteiger partial charge in [-0.15, -0.1) is 0 Å². The molecule has 1 aromatic heterocycles. The van der Waals surface area contributed by atoms with Crippen molar-refractivity contribution >= 4 is 17.7 Å². The maximum Gasteiger partial charge on any atom is 0.332 e. The molecule has 0 aliphatic heterocycles. The second kappa shape index (κ2) is 8.76. The van der Waals surface area contributed by atoms with Crippen LogP contribution < -0.4 is 21.9 Å². The third-order valence-electron chi connectivity index (χ3n) is 3.14. The second-order valence-corrected chi connectivity index (χ2v) is 4.85. The number of hydrogen-bond acceptors (Lipinski definition) is 6. The molecule has 0 spiro atoms. The number of aromatic nitrogens is 2. The average Bonchev–Trinajstić information content (AvgIpc) is 2.50. The van der Waals surface area contributed by atoms with Gasteiger partial charge in [0, 0.05) is 39.7 Å². The van der Waals surface area contributed by atoms with Crippen molar-refractivity contribution < 1.29 is 14.3 Å². The monoisotopic (exact) mass is 326 g/mol. The Bertz CT molecular complexity index is 677. The second-order valence-electron chi connectivity index (χ2n) is 4.85. The van der Waals surface area contributed by atoms with Gasteiger partial charge in [0.15, 0.2) is 0 Å². The first kappa shape index (κ1) is 18.5. The number of ether oxygens (including phenoxy) is 1. The lowest BCUT2D eigenvalue weighted by molar-refractivity contribution is -0.143. The van der Waals surface area contributed by atoms with Crippen molar-refractivity contribution in [3.8, 4) is 0 Å². The van der Waals surface area contributed by atoms with Crippen LogP contribution in [0, 0.1) is 0 Å². The zero-order chi connectivity index (χ0) is 17.4. The number of esters is 1. The first-order chi connectivity index (χ1) is 10.9. The standard InChI is InChI=1S/C14H22N4O5/c1-4-23-13(21)6-8-16-11(19)5-7-15-10-9-12(20)18(3)14(22)17(10)2/h9,15H,4-8H2,1-3H3,(H,16,19). The van der Waals surface area contributed by atoms with Crippen LogP contribution in [0.4, 0.5) is 5.82 Å². The highest BCUT2D eigenvalue weighted by Gasteiger charge is 2.07. The molecule has 0 unspecified atom stereocenters. The largest absolute Gasteiger partial charge is 0.466 e. The summed E-state index contributed by atoms with van der Waals surface area (Å²) in [7, 11) is 2.93. The molecular formula is C14H22N4O5. The maximum absolute atomic E-state index is 11.7. The van der Waals surface area contributed by atoms with Crippen molar-refractivity contribution in [3.05, 3.63) is 26.9 Å². The molecule has 0 radical (unpaired) electrons. The summed E-state index contributed by atoms with van der Waals surface area (Å²) in [5, 5.41) is 5.46. The van der Waals surface area contributed by atoms with Crippen molar-refractivity contribution in [2.24, 2.45) is 14.1 Å². The minimum atomic E-state index is -0.445. The van der Waals surface area contributed by atoms with Gasteiger partial charge in [-0.3, -0.25) is 23.5 Å². The Balaban J connectivity index is 2.40. The van der Waals surface area contributed by atoms with Crippen LogP contribution in [0.25, 0.3) is 0 Å². The fourth-order valence-electron chi connectivity index (χ4n) is 1.83. The number of nitrogens with one attached hydrogen (secondary N) is 2. The van der Waals surface area contributed by atoms with E-state index in [4.69, 9.17) is 4.74 Å². The van der Waals surface area contributed by atoms with Gasteiger partial charge in [0.1, 0.15) is 5.82 Å². The summed E-state index contributed by atoms with van der Waals surface area (Å²) in [5.41, 5.74) is -0.867. The SMILES string of the molecule is CCOC(=O)CCNC(=O)CCNc1cc(=O)n(C)c(=O)n1C. The molecule has 1 heterocycles. The topological polar surface area (TPSA) is 111 Å². The minimum absolute atomic E-state index is 0.121. The highest BCUT2D eigenvalue weighted by atomic mass is 16.5. The Hall–Kier alpha value is -2.58. The molecule has 1 rings (SSSR count). The molecule has 1 aromatic rings. The lowest BCUT2D eigenvalue weighted by Crippen LogP contribution is -2.37. The van der Waals surface area contributed by atoms with Crippen LogP contribution in [0.15, 0.2) is 15.7 Å². The molecule has 0 aliphatic rings. The molecule has 9 heteroatoms. The minimum Gasteiger partial charge on any atom is -0.466 e.